The van der Waals surface area contributed by atoms with Crippen molar-refractivity contribution in [2.24, 2.45) is 0 Å². The van der Waals surface area contributed by atoms with Crippen LogP contribution in [-0.4, -0.2) is 28.9 Å². The van der Waals surface area contributed by atoms with Crippen molar-refractivity contribution in [3.05, 3.63) is 77.5 Å². The summed E-state index contributed by atoms with van der Waals surface area (Å²) in [6.07, 6.45) is 2.91. The number of nitrogens with one attached hydrogen (secondary N) is 1. The number of pyridine rings is 1. The molecule has 0 radical (unpaired) electrons. The largest absolute Gasteiger partial charge is 0.397 e. The van der Waals surface area contributed by atoms with Gasteiger partial charge in [-0.3, -0.25) is 14.7 Å². The molecular weight excluding hydrogens is 386 g/mol. The van der Waals surface area contributed by atoms with Crippen LogP contribution in [0.1, 0.15) is 41.8 Å². The second-order valence-electron chi connectivity index (χ2n) is 7.34. The topological polar surface area (TPSA) is 95.0 Å². The molecule has 6 nitrogen and oxygen atoms in total. The van der Waals surface area contributed by atoms with Gasteiger partial charge in [0, 0.05) is 23.9 Å². The Morgan fingerprint density at radius 1 is 1.16 bits per heavy atom. The molecule has 158 valence electrons. The van der Waals surface area contributed by atoms with Crippen LogP contribution in [0.15, 0.2) is 60.8 Å². The number of rotatable bonds is 8. The number of carbonyl (C=O) groups is 1. The highest BCUT2D eigenvalue weighted by Crippen LogP contribution is 2.24. The van der Waals surface area contributed by atoms with Crippen LogP contribution < -0.4 is 11.1 Å². The molecule has 3 rings (SSSR count). The van der Waals surface area contributed by atoms with Gasteiger partial charge in [0.15, 0.2) is 0 Å². The maximum Gasteiger partial charge on any atom is 0.255 e. The Morgan fingerprint density at radius 3 is 2.55 bits per heavy atom. The fourth-order valence-corrected chi connectivity index (χ4v) is 3.42. The minimum atomic E-state index is -0.246. The maximum atomic E-state index is 12.5. The average molecular weight is 414 g/mol. The van der Waals surface area contributed by atoms with E-state index in [1.807, 2.05) is 36.5 Å². The predicted octanol–water partition coefficient (Wildman–Crippen LogP) is 4.69. The molecule has 0 saturated carbocycles. The molecule has 3 aromatic rings. The number of hydrogen-bond acceptors (Lipinski definition) is 5. The number of nitrogen functional groups attached to an aromatic ring is 1. The lowest BCUT2D eigenvalue weighted by molar-refractivity contribution is 0.102. The van der Waals surface area contributed by atoms with Crippen LogP contribution >= 0.6 is 0 Å². The molecule has 0 spiro atoms. The zero-order valence-corrected chi connectivity index (χ0v) is 17.9. The van der Waals surface area contributed by atoms with Crippen molar-refractivity contribution in [1.29, 1.82) is 5.26 Å². The summed E-state index contributed by atoms with van der Waals surface area (Å²) in [6, 6.07) is 18.3. The molecule has 0 unspecified atom stereocenters. The third-order valence-corrected chi connectivity index (χ3v) is 5.09. The molecule has 0 saturated heterocycles. The second kappa shape index (κ2) is 10.4. The van der Waals surface area contributed by atoms with Crippen molar-refractivity contribution in [3.8, 4) is 17.3 Å². The van der Waals surface area contributed by atoms with Crippen LogP contribution in [0.5, 0.6) is 0 Å². The number of amides is 1. The van der Waals surface area contributed by atoms with Crippen molar-refractivity contribution in [2.75, 3.05) is 24.1 Å². The molecule has 0 aliphatic heterocycles. The van der Waals surface area contributed by atoms with Gasteiger partial charge < -0.3 is 11.1 Å². The first-order valence-corrected chi connectivity index (χ1v) is 10.4. The number of nitrogens with two attached hydrogens (primary N) is 1. The van der Waals surface area contributed by atoms with Gasteiger partial charge in [-0.1, -0.05) is 38.1 Å². The van der Waals surface area contributed by atoms with E-state index in [9.17, 15) is 10.1 Å². The van der Waals surface area contributed by atoms with Gasteiger partial charge in [0.1, 0.15) is 6.07 Å². The predicted molar refractivity (Wildman–Crippen MR) is 124 cm³/mol. The molecule has 1 aromatic heterocycles. The molecule has 3 N–H and O–H groups in total. The summed E-state index contributed by atoms with van der Waals surface area (Å²) in [4.78, 5) is 19.4. The van der Waals surface area contributed by atoms with Crippen LogP contribution in [0.2, 0.25) is 0 Å². The summed E-state index contributed by atoms with van der Waals surface area (Å²) in [6.45, 7) is 7.03. The molecule has 31 heavy (non-hydrogen) atoms. The summed E-state index contributed by atoms with van der Waals surface area (Å²) < 4.78 is 0. The molecule has 6 heteroatoms. The van der Waals surface area contributed by atoms with Crippen LogP contribution in [0.3, 0.4) is 0 Å². The molecule has 1 heterocycles. The molecular formula is C25H27N5O. The van der Waals surface area contributed by atoms with Crippen LogP contribution in [0.4, 0.5) is 11.4 Å². The van der Waals surface area contributed by atoms with E-state index in [1.54, 1.807) is 24.3 Å². The van der Waals surface area contributed by atoms with Gasteiger partial charge in [-0.2, -0.15) is 5.26 Å². The van der Waals surface area contributed by atoms with Crippen molar-refractivity contribution in [3.63, 3.8) is 0 Å². The number of benzene rings is 2. The molecule has 0 atom stereocenters. The first kappa shape index (κ1) is 22.0. The summed E-state index contributed by atoms with van der Waals surface area (Å²) in [7, 11) is 0. The van der Waals surface area contributed by atoms with Crippen LogP contribution in [-0.2, 0) is 6.54 Å². The Balaban J connectivity index is 1.78. The Bertz CT molecular complexity index is 1090. The first-order valence-electron chi connectivity index (χ1n) is 10.4. The lowest BCUT2D eigenvalue weighted by atomic mass is 10.0. The highest BCUT2D eigenvalue weighted by molar-refractivity contribution is 6.05. The van der Waals surface area contributed by atoms with E-state index in [1.165, 1.54) is 0 Å². The first-order chi connectivity index (χ1) is 15.0. The Morgan fingerprint density at radius 2 is 1.90 bits per heavy atom. The van der Waals surface area contributed by atoms with E-state index in [0.29, 0.717) is 28.2 Å². The Hall–Kier alpha value is -3.69. The van der Waals surface area contributed by atoms with Gasteiger partial charge in [0.25, 0.3) is 5.91 Å². The van der Waals surface area contributed by atoms with Gasteiger partial charge >= 0.3 is 0 Å². The molecule has 0 aliphatic carbocycles. The smallest absolute Gasteiger partial charge is 0.255 e. The highest BCUT2D eigenvalue weighted by Gasteiger charge is 2.12. The summed E-state index contributed by atoms with van der Waals surface area (Å²) >= 11 is 0. The lowest BCUT2D eigenvalue weighted by Crippen LogP contribution is -2.23. The standard InChI is InChI=1S/C25H27N5O/c1-3-13-30(4-2)17-18-14-21(15-26)24(28-16-18)19-9-11-20(12-10-19)25(31)29-23-8-6-5-7-22(23)27/h5-12,14,16H,3-4,13,17,27H2,1-2H3,(H,29,31). The van der Waals surface area contributed by atoms with Crippen molar-refractivity contribution >= 4 is 17.3 Å². The number of nitrogens with zero attached hydrogens (tertiary/aromatic N) is 3. The molecule has 1 amide bonds. The second-order valence-corrected chi connectivity index (χ2v) is 7.34. The molecule has 0 bridgehead atoms. The zero-order valence-electron chi connectivity index (χ0n) is 17.9. The average Bonchev–Trinajstić information content (AvgIpc) is 2.80. The van der Waals surface area contributed by atoms with E-state index in [4.69, 9.17) is 5.73 Å². The maximum absolute atomic E-state index is 12.5. The highest BCUT2D eigenvalue weighted by atomic mass is 16.1. The number of aromatic nitrogens is 1. The minimum Gasteiger partial charge on any atom is -0.397 e. The van der Waals surface area contributed by atoms with Gasteiger partial charge in [0.2, 0.25) is 0 Å². The zero-order chi connectivity index (χ0) is 22.2. The Kier molecular flexibility index (Phi) is 7.36. The fraction of sp³-hybridized carbons (Fsp3) is 0.240. The van der Waals surface area contributed by atoms with Crippen molar-refractivity contribution in [2.45, 2.75) is 26.8 Å². The normalized spacial score (nSPS) is 10.6. The number of carbonyl (C=O) groups excluding carboxylic acids is 1. The Labute approximate surface area is 183 Å². The fourth-order valence-electron chi connectivity index (χ4n) is 3.42. The van der Waals surface area contributed by atoms with Gasteiger partial charge in [-0.25, -0.2) is 0 Å². The molecule has 2 aromatic carbocycles. The van der Waals surface area contributed by atoms with E-state index < -0.39 is 0 Å². The van der Waals surface area contributed by atoms with Gasteiger partial charge in [-0.15, -0.1) is 0 Å². The minimum absolute atomic E-state index is 0.246. The third kappa shape index (κ3) is 5.47. The quantitative estimate of drug-likeness (QED) is 0.523. The summed E-state index contributed by atoms with van der Waals surface area (Å²) in [5.74, 6) is -0.246. The lowest BCUT2D eigenvalue weighted by Gasteiger charge is -2.19. The third-order valence-electron chi connectivity index (χ3n) is 5.09. The molecule has 0 aliphatic rings. The number of hydrogen-bond donors (Lipinski definition) is 2. The molecule has 0 fully saturated rings. The van der Waals surface area contributed by atoms with Crippen LogP contribution in [0, 0.1) is 11.3 Å². The van der Waals surface area contributed by atoms with E-state index in [2.05, 4.69) is 35.1 Å². The van der Waals surface area contributed by atoms with Crippen molar-refractivity contribution in [1.82, 2.24) is 9.88 Å². The SMILES string of the molecule is CCCN(CC)Cc1cnc(-c2ccc(C(=O)Nc3ccccc3N)cc2)c(C#N)c1. The summed E-state index contributed by atoms with van der Waals surface area (Å²) in [5.41, 5.74) is 10.4. The van der Waals surface area contributed by atoms with E-state index in [-0.39, 0.29) is 5.91 Å². The number of nitriles is 1. The van der Waals surface area contributed by atoms with Crippen molar-refractivity contribution < 1.29 is 4.79 Å². The van der Waals surface area contributed by atoms with Gasteiger partial charge in [-0.05, 0) is 55.4 Å². The number of para-hydroxylation sites is 2. The van der Waals surface area contributed by atoms with E-state index >= 15 is 0 Å². The summed E-state index contributed by atoms with van der Waals surface area (Å²) in [5, 5.41) is 12.5. The van der Waals surface area contributed by atoms with Crippen LogP contribution in [0.25, 0.3) is 11.3 Å². The monoisotopic (exact) mass is 413 g/mol. The van der Waals surface area contributed by atoms with E-state index in [0.717, 1.165) is 37.2 Å². The number of anilines is 2. The van der Waals surface area contributed by atoms with Gasteiger partial charge in [0.05, 0.1) is 22.6 Å².